The number of nitrogens with one attached hydrogen (secondary N) is 1. The lowest BCUT2D eigenvalue weighted by Gasteiger charge is -2.31. The Kier molecular flexibility index (Phi) is 4.05. The number of H-pyrrole nitrogens is 1. The number of aromatic nitrogens is 1. The largest absolute Gasteiger partial charge is 0.480 e. The van der Waals surface area contributed by atoms with E-state index in [4.69, 9.17) is 0 Å². The number of carboxylic acids is 1. The first-order chi connectivity index (χ1) is 9.66. The monoisotopic (exact) mass is 354 g/mol. The number of hydrogen-bond acceptors (Lipinski definition) is 3. The number of carbonyl (C=O) groups is 1. The number of fused-ring (bicyclic) bond motifs is 1. The number of aliphatic carboxylic acids is 1. The van der Waals surface area contributed by atoms with Gasteiger partial charge in [0.2, 0.25) is 0 Å². The Morgan fingerprint density at radius 1 is 1.40 bits per heavy atom. The molecule has 1 aliphatic rings. The average molecular weight is 355 g/mol. The molecule has 0 unspecified atom stereocenters. The fourth-order valence-corrected chi connectivity index (χ4v) is 3.96. The molecule has 0 spiro atoms. The van der Waals surface area contributed by atoms with Gasteiger partial charge in [-0.05, 0) is 12.1 Å². The minimum absolute atomic E-state index is 0.564. The van der Waals surface area contributed by atoms with Crippen LogP contribution in [-0.4, -0.2) is 45.6 Å². The molecule has 20 heavy (non-hydrogen) atoms. The number of carboxylic acid groups (broad SMARTS) is 1. The number of aromatic amines is 1. The third-order valence-corrected chi connectivity index (χ3v) is 5.05. The van der Waals surface area contributed by atoms with Crippen molar-refractivity contribution in [2.24, 2.45) is 0 Å². The first kappa shape index (κ1) is 14.0. The molecule has 1 aliphatic heterocycles. The Bertz CT molecular complexity index is 637. The van der Waals surface area contributed by atoms with Crippen LogP contribution in [0.5, 0.6) is 0 Å². The second-order valence-electron chi connectivity index (χ2n) is 4.82. The van der Waals surface area contributed by atoms with Gasteiger partial charge in [-0.25, -0.2) is 0 Å². The van der Waals surface area contributed by atoms with Gasteiger partial charge in [0.1, 0.15) is 6.04 Å². The molecule has 2 N–H and O–H groups in total. The summed E-state index contributed by atoms with van der Waals surface area (Å²) in [6, 6.07) is 5.33. The molecule has 106 valence electrons. The standard InChI is InChI=1S/C14H15BrN2O2S/c15-9-1-2-10-11(8-16-12(10)7-9)13(14(18)19)17-3-5-20-6-4-17/h1-2,7-8,13,16H,3-6H2,(H,18,19)/t13-/m1/s1. The van der Waals surface area contributed by atoms with E-state index in [1.807, 2.05) is 36.2 Å². The normalized spacial score (nSPS) is 18.2. The molecule has 3 rings (SSSR count). The predicted octanol–water partition coefficient (Wildman–Crippen LogP) is 3.10. The minimum Gasteiger partial charge on any atom is -0.480 e. The van der Waals surface area contributed by atoms with Crippen molar-refractivity contribution in [3.05, 3.63) is 34.4 Å². The Hall–Kier alpha value is -0.980. The average Bonchev–Trinajstić information content (AvgIpc) is 2.83. The molecule has 6 heteroatoms. The number of nitrogens with zero attached hydrogens (tertiary/aromatic N) is 1. The fourth-order valence-electron chi connectivity index (χ4n) is 2.67. The third kappa shape index (κ3) is 2.60. The molecule has 0 saturated carbocycles. The second kappa shape index (κ2) is 5.79. The molecule has 1 aromatic carbocycles. The Balaban J connectivity index is 2.02. The summed E-state index contributed by atoms with van der Waals surface area (Å²) in [5.41, 5.74) is 1.82. The molecule has 0 aliphatic carbocycles. The number of rotatable bonds is 3. The lowest BCUT2D eigenvalue weighted by molar-refractivity contribution is -0.143. The molecule has 0 bridgehead atoms. The van der Waals surface area contributed by atoms with E-state index in [1.165, 1.54) is 0 Å². The zero-order chi connectivity index (χ0) is 14.1. The molecule has 1 saturated heterocycles. The van der Waals surface area contributed by atoms with Gasteiger partial charge >= 0.3 is 5.97 Å². The van der Waals surface area contributed by atoms with Crippen molar-refractivity contribution in [1.82, 2.24) is 9.88 Å². The van der Waals surface area contributed by atoms with Crippen LogP contribution in [0.2, 0.25) is 0 Å². The first-order valence-corrected chi connectivity index (χ1v) is 8.43. The molecular weight excluding hydrogens is 340 g/mol. The van der Waals surface area contributed by atoms with Crippen molar-refractivity contribution in [1.29, 1.82) is 0 Å². The van der Waals surface area contributed by atoms with E-state index in [0.717, 1.165) is 45.5 Å². The van der Waals surface area contributed by atoms with Crippen LogP contribution in [0, 0.1) is 0 Å². The van der Waals surface area contributed by atoms with Gasteiger partial charge in [-0.15, -0.1) is 0 Å². The highest BCUT2D eigenvalue weighted by molar-refractivity contribution is 9.10. The van der Waals surface area contributed by atoms with Crippen LogP contribution in [0.4, 0.5) is 0 Å². The molecule has 0 amide bonds. The van der Waals surface area contributed by atoms with E-state index in [-0.39, 0.29) is 0 Å². The summed E-state index contributed by atoms with van der Waals surface area (Å²) in [6.45, 7) is 1.65. The molecule has 1 atom stereocenters. The van der Waals surface area contributed by atoms with Gasteiger partial charge in [0.15, 0.2) is 0 Å². The maximum absolute atomic E-state index is 11.7. The summed E-state index contributed by atoms with van der Waals surface area (Å²) < 4.78 is 0.986. The van der Waals surface area contributed by atoms with Crippen molar-refractivity contribution in [2.75, 3.05) is 24.6 Å². The first-order valence-electron chi connectivity index (χ1n) is 6.48. The van der Waals surface area contributed by atoms with Gasteiger partial charge in [0.05, 0.1) is 0 Å². The third-order valence-electron chi connectivity index (χ3n) is 3.62. The Morgan fingerprint density at radius 2 is 2.15 bits per heavy atom. The molecule has 1 fully saturated rings. The minimum atomic E-state index is -0.777. The van der Waals surface area contributed by atoms with Crippen molar-refractivity contribution in [2.45, 2.75) is 6.04 Å². The van der Waals surface area contributed by atoms with Crippen LogP contribution in [0.1, 0.15) is 11.6 Å². The summed E-state index contributed by atoms with van der Waals surface area (Å²) >= 11 is 5.32. The highest BCUT2D eigenvalue weighted by atomic mass is 79.9. The molecule has 2 aromatic rings. The molecule has 2 heterocycles. The number of halogens is 1. The zero-order valence-corrected chi connectivity index (χ0v) is 13.2. The summed E-state index contributed by atoms with van der Waals surface area (Å²) in [4.78, 5) is 17.0. The van der Waals surface area contributed by atoms with Crippen LogP contribution >= 0.6 is 27.7 Å². The summed E-state index contributed by atoms with van der Waals surface area (Å²) in [5, 5.41) is 10.6. The number of benzene rings is 1. The maximum Gasteiger partial charge on any atom is 0.325 e. The predicted molar refractivity (Wildman–Crippen MR) is 85.3 cm³/mol. The van der Waals surface area contributed by atoms with Gasteiger partial charge in [0.25, 0.3) is 0 Å². The number of thioether (sulfide) groups is 1. The lowest BCUT2D eigenvalue weighted by atomic mass is 10.0. The summed E-state index contributed by atoms with van der Waals surface area (Å²) in [7, 11) is 0. The lowest BCUT2D eigenvalue weighted by Crippen LogP contribution is -2.39. The quantitative estimate of drug-likeness (QED) is 0.888. The van der Waals surface area contributed by atoms with E-state index < -0.39 is 12.0 Å². The maximum atomic E-state index is 11.7. The molecule has 0 radical (unpaired) electrons. The molecular formula is C14H15BrN2O2S. The van der Waals surface area contributed by atoms with Crippen LogP contribution < -0.4 is 0 Å². The van der Waals surface area contributed by atoms with E-state index >= 15 is 0 Å². The van der Waals surface area contributed by atoms with Gasteiger partial charge in [-0.3, -0.25) is 9.69 Å². The smallest absolute Gasteiger partial charge is 0.325 e. The van der Waals surface area contributed by atoms with E-state index in [2.05, 4.69) is 25.8 Å². The second-order valence-corrected chi connectivity index (χ2v) is 6.96. The Labute approximate surface area is 129 Å². The molecule has 4 nitrogen and oxygen atoms in total. The van der Waals surface area contributed by atoms with E-state index in [9.17, 15) is 9.90 Å². The van der Waals surface area contributed by atoms with Crippen molar-refractivity contribution < 1.29 is 9.90 Å². The van der Waals surface area contributed by atoms with Gasteiger partial charge in [-0.2, -0.15) is 11.8 Å². The topological polar surface area (TPSA) is 56.3 Å². The fraction of sp³-hybridized carbons (Fsp3) is 0.357. The van der Waals surface area contributed by atoms with Crippen LogP contribution in [0.25, 0.3) is 10.9 Å². The van der Waals surface area contributed by atoms with Gasteiger partial charge < -0.3 is 10.1 Å². The SMILES string of the molecule is O=C(O)[C@@H](c1c[nH]c2cc(Br)ccc12)N1CCSCC1. The Morgan fingerprint density at radius 3 is 2.85 bits per heavy atom. The highest BCUT2D eigenvalue weighted by Crippen LogP contribution is 2.31. The zero-order valence-electron chi connectivity index (χ0n) is 10.8. The molecule has 1 aromatic heterocycles. The highest BCUT2D eigenvalue weighted by Gasteiger charge is 2.30. The van der Waals surface area contributed by atoms with Crippen LogP contribution in [0.15, 0.2) is 28.9 Å². The van der Waals surface area contributed by atoms with Crippen LogP contribution in [-0.2, 0) is 4.79 Å². The summed E-state index contributed by atoms with van der Waals surface area (Å²) in [5.74, 6) is 1.22. The number of hydrogen-bond donors (Lipinski definition) is 2. The van der Waals surface area contributed by atoms with Crippen molar-refractivity contribution in [3.63, 3.8) is 0 Å². The van der Waals surface area contributed by atoms with E-state index in [1.54, 1.807) is 0 Å². The van der Waals surface area contributed by atoms with Crippen LogP contribution in [0.3, 0.4) is 0 Å². The van der Waals surface area contributed by atoms with Crippen molar-refractivity contribution in [3.8, 4) is 0 Å². The van der Waals surface area contributed by atoms with E-state index in [0.29, 0.717) is 0 Å². The van der Waals surface area contributed by atoms with Gasteiger partial charge in [-0.1, -0.05) is 22.0 Å². The van der Waals surface area contributed by atoms with Gasteiger partial charge in [0, 0.05) is 51.7 Å². The van der Waals surface area contributed by atoms with Crippen molar-refractivity contribution >= 4 is 44.6 Å². The summed E-state index contributed by atoms with van der Waals surface area (Å²) in [6.07, 6.45) is 1.83.